The van der Waals surface area contributed by atoms with Crippen molar-refractivity contribution in [2.24, 2.45) is 0 Å². The molecule has 0 aromatic heterocycles. The zero-order valence-electron chi connectivity index (χ0n) is 20.6. The second-order valence-electron chi connectivity index (χ2n) is 8.13. The van der Waals surface area contributed by atoms with Gasteiger partial charge in [-0.15, -0.1) is 46.7 Å². The van der Waals surface area contributed by atoms with E-state index in [1.165, 1.54) is 33.0 Å². The zero-order chi connectivity index (χ0) is 23.8. The fraction of sp³-hybridized carbons (Fsp3) is 0.286. The largest absolute Gasteiger partial charge is 0.196 e. The van der Waals surface area contributed by atoms with Crippen molar-refractivity contribution < 1.29 is 32.8 Å². The van der Waals surface area contributed by atoms with Crippen LogP contribution in [0.5, 0.6) is 11.5 Å². The van der Waals surface area contributed by atoms with E-state index in [9.17, 15) is 0 Å². The van der Waals surface area contributed by atoms with E-state index in [-0.39, 0.29) is 5.43 Å². The van der Waals surface area contributed by atoms with Crippen molar-refractivity contribution in [3.63, 3.8) is 0 Å². The summed E-state index contributed by atoms with van der Waals surface area (Å²) in [6.07, 6.45) is 0. The Bertz CT molecular complexity index is 1130. The molecule has 0 saturated carbocycles. The molecule has 4 aromatic carbocycles. The number of methoxy groups -OCH3 is 2. The van der Waals surface area contributed by atoms with Crippen LogP contribution in [0, 0.1) is 27.7 Å². The van der Waals surface area contributed by atoms with Crippen molar-refractivity contribution in [3.8, 4) is 22.6 Å². The predicted octanol–water partition coefficient (Wildman–Crippen LogP) is 7.67. The van der Waals surface area contributed by atoms with Gasteiger partial charge in [-0.1, -0.05) is 39.8 Å². The number of hydrogen-bond donors (Lipinski definition) is 0. The van der Waals surface area contributed by atoms with Gasteiger partial charge in [-0.3, -0.25) is 0 Å². The summed E-state index contributed by atoms with van der Waals surface area (Å²) < 4.78 is 11.0. The van der Waals surface area contributed by atoms with E-state index in [1.807, 2.05) is 30.3 Å². The quantitative estimate of drug-likeness (QED) is 0.203. The van der Waals surface area contributed by atoms with Crippen LogP contribution >= 0.6 is 0 Å². The Kier molecular flexibility index (Phi) is 10.2. The molecule has 4 heteroatoms. The molecule has 2 nitrogen and oxygen atoms in total. The third kappa shape index (κ3) is 6.56. The maximum Gasteiger partial charge on any atom is -0.0632 e. The van der Waals surface area contributed by atoms with E-state index in [4.69, 9.17) is 9.47 Å². The Morgan fingerprint density at radius 3 is 1.72 bits per heavy atom. The van der Waals surface area contributed by atoms with Gasteiger partial charge < -0.3 is 9.47 Å². The number of ether oxygens (including phenoxy) is 2. The fourth-order valence-electron chi connectivity index (χ4n) is 3.62. The summed E-state index contributed by atoms with van der Waals surface area (Å²) >= 11 is 1.74. The van der Waals surface area contributed by atoms with Crippen molar-refractivity contribution >= 4 is 16.2 Å². The molecular weight excluding hydrogens is 488 g/mol. The van der Waals surface area contributed by atoms with Crippen LogP contribution in [0.2, 0.25) is 13.1 Å². The van der Waals surface area contributed by atoms with Crippen molar-refractivity contribution in [1.29, 1.82) is 0 Å². The van der Waals surface area contributed by atoms with Gasteiger partial charge >= 0.3 is 41.9 Å². The van der Waals surface area contributed by atoms with Gasteiger partial charge in [0.05, 0.1) is 14.2 Å². The molecule has 32 heavy (non-hydrogen) atoms. The number of benzene rings is 2. The van der Waals surface area contributed by atoms with E-state index < -0.39 is 0 Å². The minimum atomic E-state index is 0.210. The smallest absolute Gasteiger partial charge is 0.0632 e. The Balaban J connectivity index is 0.000000233. The molecule has 0 saturated heterocycles. The maximum atomic E-state index is 5.48. The Labute approximate surface area is 208 Å². The van der Waals surface area contributed by atoms with E-state index in [2.05, 4.69) is 71.1 Å². The monoisotopic (exact) mass is 520 g/mol. The van der Waals surface area contributed by atoms with Gasteiger partial charge in [0.25, 0.3) is 0 Å². The molecule has 166 valence electrons. The molecule has 0 spiro atoms. The van der Waals surface area contributed by atoms with Crippen LogP contribution in [0.4, 0.5) is 0 Å². The second-order valence-corrected chi connectivity index (χ2v) is 17.5. The molecule has 0 fully saturated rings. The minimum absolute atomic E-state index is 0.210. The zero-order valence-corrected chi connectivity index (χ0v) is 24.0. The number of fused-ring (bicyclic) bond motifs is 1. The van der Waals surface area contributed by atoms with E-state index in [0.717, 1.165) is 22.6 Å². The molecule has 0 aliphatic heterocycles. The fourth-order valence-corrected chi connectivity index (χ4v) is 3.62. The summed E-state index contributed by atoms with van der Waals surface area (Å²) in [4.78, 5) is 0. The van der Waals surface area contributed by atoms with Gasteiger partial charge in [0.15, 0.2) is 0 Å². The average molecular weight is 522 g/mol. The van der Waals surface area contributed by atoms with Crippen LogP contribution in [0.3, 0.4) is 0 Å². The molecule has 4 aromatic rings. The Hall–Kier alpha value is -1.90. The van der Waals surface area contributed by atoms with Crippen LogP contribution in [0.15, 0.2) is 60.7 Å². The summed E-state index contributed by atoms with van der Waals surface area (Å²) in [6.45, 7) is 13.3. The normalized spacial score (nSPS) is 10.1. The second kappa shape index (κ2) is 12.4. The molecule has 0 atom stereocenters. The van der Waals surface area contributed by atoms with Crippen molar-refractivity contribution in [2.45, 2.75) is 40.8 Å². The van der Waals surface area contributed by atoms with E-state index >= 15 is 0 Å². The first kappa shape index (κ1) is 26.4. The van der Waals surface area contributed by atoms with Crippen molar-refractivity contribution in [2.75, 3.05) is 14.2 Å². The van der Waals surface area contributed by atoms with E-state index in [0.29, 0.717) is 0 Å². The first-order valence-electron chi connectivity index (χ1n) is 10.8. The van der Waals surface area contributed by atoms with Crippen LogP contribution < -0.4 is 9.47 Å². The molecule has 0 unspecified atom stereocenters. The maximum absolute atomic E-state index is 5.48. The molecule has 0 bridgehead atoms. The minimum Gasteiger partial charge on any atom is -0.196 e. The average Bonchev–Trinajstić information content (AvgIpc) is 3.29. The van der Waals surface area contributed by atoms with Gasteiger partial charge in [-0.05, 0) is 12.1 Å². The predicted molar refractivity (Wildman–Crippen MR) is 137 cm³/mol. The summed E-state index contributed by atoms with van der Waals surface area (Å²) in [7, 11) is 3.37. The summed E-state index contributed by atoms with van der Waals surface area (Å²) in [6, 6.07) is 20.7. The van der Waals surface area contributed by atoms with Gasteiger partial charge in [0, 0.05) is 5.56 Å². The first-order chi connectivity index (χ1) is 15.2. The molecule has 0 aliphatic carbocycles. The van der Waals surface area contributed by atoms with Crippen molar-refractivity contribution in [3.05, 3.63) is 82.9 Å². The SMILES string of the molecule is COc1cccc(OC)c1-c1c[cH-]c2ccccc12.C[Si](C)=[Zr+2].Cc1[cH-]c(C)c(C)c1C. The third-order valence-corrected chi connectivity index (χ3v) is 5.56. The molecule has 0 aliphatic rings. The summed E-state index contributed by atoms with van der Waals surface area (Å²) in [5.74, 6) is 1.66. The van der Waals surface area contributed by atoms with Crippen LogP contribution in [0.1, 0.15) is 22.3 Å². The standard InChI is InChI=1S/C17H15O2.C9H13.C2H6Si.Zr/c1-18-15-8-5-9-16(19-2)17(15)14-11-10-12-6-3-4-7-13(12)14;1-6-5-7(2)9(4)8(6)3;1-3-2;/h3-11H,1-2H3;5H,1-4H3;1-2H3;/q2*-1;;+2. The topological polar surface area (TPSA) is 18.5 Å². The molecule has 0 radical (unpaired) electrons. The Morgan fingerprint density at radius 2 is 1.28 bits per heavy atom. The first-order valence-corrected chi connectivity index (χ1v) is 17.0. The van der Waals surface area contributed by atoms with Crippen LogP contribution in [0.25, 0.3) is 21.9 Å². The summed E-state index contributed by atoms with van der Waals surface area (Å²) in [5.41, 5.74) is 8.11. The molecule has 0 amide bonds. The van der Waals surface area contributed by atoms with E-state index in [1.54, 1.807) is 37.6 Å². The summed E-state index contributed by atoms with van der Waals surface area (Å²) in [5, 5.41) is 2.44. The van der Waals surface area contributed by atoms with Crippen LogP contribution in [-0.4, -0.2) is 19.7 Å². The van der Waals surface area contributed by atoms with Crippen molar-refractivity contribution in [1.82, 2.24) is 0 Å². The number of aryl methyl sites for hydroxylation is 2. The van der Waals surface area contributed by atoms with Gasteiger partial charge in [0.2, 0.25) is 0 Å². The molecule has 0 N–H and O–H groups in total. The van der Waals surface area contributed by atoms with Gasteiger partial charge in [0.1, 0.15) is 11.5 Å². The molecular formula is C28H34O2SiZr. The Morgan fingerprint density at radius 1 is 0.781 bits per heavy atom. The third-order valence-electron chi connectivity index (χ3n) is 5.56. The van der Waals surface area contributed by atoms with Gasteiger partial charge in [-0.2, -0.15) is 28.3 Å². The molecule has 4 rings (SSSR count). The number of hydrogen-bond acceptors (Lipinski definition) is 2. The number of rotatable bonds is 3. The molecule has 0 heterocycles. The van der Waals surface area contributed by atoms with Crippen LogP contribution in [-0.2, 0) is 23.3 Å². The van der Waals surface area contributed by atoms with Gasteiger partial charge in [-0.25, -0.2) is 0 Å².